The van der Waals surface area contributed by atoms with Crippen molar-refractivity contribution in [1.82, 2.24) is 0 Å². The molecule has 0 aromatic heterocycles. The predicted molar refractivity (Wildman–Crippen MR) is 102 cm³/mol. The van der Waals surface area contributed by atoms with Crippen LogP contribution >= 0.6 is 0 Å². The smallest absolute Gasteiger partial charge is 0.308 e. The summed E-state index contributed by atoms with van der Waals surface area (Å²) in [7, 11) is 0. The third-order valence-electron chi connectivity index (χ3n) is 4.09. The van der Waals surface area contributed by atoms with Crippen LogP contribution in [0.4, 0.5) is 0 Å². The second-order valence-corrected chi connectivity index (χ2v) is 7.52. The van der Waals surface area contributed by atoms with E-state index in [1.54, 1.807) is 47.0 Å². The van der Waals surface area contributed by atoms with Gasteiger partial charge in [-0.3, -0.25) is 14.4 Å². The number of carbonyl (C=O) groups is 3. The van der Waals surface area contributed by atoms with Crippen molar-refractivity contribution in [3.63, 3.8) is 0 Å². The van der Waals surface area contributed by atoms with Crippen molar-refractivity contribution in [2.75, 3.05) is 13.2 Å². The van der Waals surface area contributed by atoms with E-state index in [0.717, 1.165) is 0 Å². The zero-order chi connectivity index (χ0) is 22.3. The van der Waals surface area contributed by atoms with E-state index in [1.807, 2.05) is 0 Å². The highest BCUT2D eigenvalue weighted by Gasteiger charge is 2.42. The van der Waals surface area contributed by atoms with Gasteiger partial charge < -0.3 is 28.4 Å². The number of carbonyl (C=O) groups excluding carboxylic acids is 3. The van der Waals surface area contributed by atoms with Gasteiger partial charge >= 0.3 is 17.9 Å². The van der Waals surface area contributed by atoms with Crippen molar-refractivity contribution in [2.45, 2.75) is 59.2 Å². The molecule has 30 heavy (non-hydrogen) atoms. The van der Waals surface area contributed by atoms with Crippen molar-refractivity contribution >= 4 is 17.9 Å². The first-order valence-corrected chi connectivity index (χ1v) is 9.88. The van der Waals surface area contributed by atoms with E-state index in [2.05, 4.69) is 0 Å². The van der Waals surface area contributed by atoms with Crippen LogP contribution in [-0.4, -0.2) is 55.7 Å². The fourth-order valence-corrected chi connectivity index (χ4v) is 2.47. The van der Waals surface area contributed by atoms with Gasteiger partial charge in [0.15, 0.2) is 6.29 Å². The summed E-state index contributed by atoms with van der Waals surface area (Å²) in [6, 6.07) is 0. The summed E-state index contributed by atoms with van der Waals surface area (Å²) in [4.78, 5) is 34.7. The lowest BCUT2D eigenvalue weighted by Gasteiger charge is -2.30. The van der Waals surface area contributed by atoms with E-state index in [1.165, 1.54) is 13.3 Å². The monoisotopic (exact) mass is 425 g/mol. The Labute approximate surface area is 177 Å². The van der Waals surface area contributed by atoms with Crippen LogP contribution in [0, 0.1) is 43.8 Å². The Balaban J connectivity index is 1.85. The van der Waals surface area contributed by atoms with Gasteiger partial charge in [-0.2, -0.15) is 0 Å². The van der Waals surface area contributed by atoms with Crippen molar-refractivity contribution in [3.05, 3.63) is 32.0 Å². The second-order valence-electron chi connectivity index (χ2n) is 7.52. The van der Waals surface area contributed by atoms with E-state index >= 15 is 0 Å². The molecular formula is C21H29O9. The first-order chi connectivity index (χ1) is 14.2. The lowest BCUT2D eigenvalue weighted by Crippen LogP contribution is -2.35. The van der Waals surface area contributed by atoms with Crippen LogP contribution in [-0.2, 0) is 42.8 Å². The molecule has 2 heterocycles. The van der Waals surface area contributed by atoms with E-state index in [0.29, 0.717) is 0 Å². The molecule has 2 rings (SSSR count). The Morgan fingerprint density at radius 2 is 1.63 bits per heavy atom. The number of rotatable bonds is 9. The van der Waals surface area contributed by atoms with Gasteiger partial charge in [-0.05, 0) is 12.8 Å². The number of ether oxygens (including phenoxy) is 6. The molecule has 0 aromatic rings. The Bertz CT molecular complexity index is 589. The van der Waals surface area contributed by atoms with Crippen molar-refractivity contribution in [1.29, 1.82) is 0 Å². The quantitative estimate of drug-likeness (QED) is 0.403. The molecule has 2 saturated heterocycles. The van der Waals surface area contributed by atoms with Gasteiger partial charge in [-0.15, -0.1) is 0 Å². The van der Waals surface area contributed by atoms with Gasteiger partial charge in [0.2, 0.25) is 6.29 Å². The van der Waals surface area contributed by atoms with Gasteiger partial charge in [0.05, 0.1) is 24.4 Å². The van der Waals surface area contributed by atoms with E-state index < -0.39 is 30.6 Å². The average molecular weight is 425 g/mol. The fourth-order valence-electron chi connectivity index (χ4n) is 2.47. The van der Waals surface area contributed by atoms with Crippen LogP contribution in [0.5, 0.6) is 0 Å². The minimum Gasteiger partial charge on any atom is -0.463 e. The maximum atomic E-state index is 11.7. The molecule has 0 aliphatic carbocycles. The molecule has 2 fully saturated rings. The van der Waals surface area contributed by atoms with Crippen LogP contribution in [0.2, 0.25) is 0 Å². The highest BCUT2D eigenvalue weighted by molar-refractivity contribution is 5.71. The Morgan fingerprint density at radius 1 is 1.00 bits per heavy atom. The van der Waals surface area contributed by atoms with Crippen LogP contribution in [0.25, 0.3) is 0 Å². The highest BCUT2D eigenvalue weighted by atomic mass is 16.8. The predicted octanol–water partition coefficient (Wildman–Crippen LogP) is 1.76. The summed E-state index contributed by atoms with van der Waals surface area (Å²) in [5.74, 6) is -1.72. The molecule has 0 saturated carbocycles. The standard InChI is InChI=1S/C21H29O9/c1-12(2)20(23)25-10-15-7-6-8-18(28-15)30-19-9-16(27-14(5)22)17(29-19)11-26-21(24)13(3)4/h6-9,12-13,15-18H,10-11H2,1-5H3/t15-,16-,17+,18+/m0/s1. The second kappa shape index (κ2) is 11.6. The van der Waals surface area contributed by atoms with Crippen LogP contribution in [0.15, 0.2) is 0 Å². The molecular weight excluding hydrogens is 396 g/mol. The third-order valence-corrected chi connectivity index (χ3v) is 4.09. The molecule has 0 amide bonds. The van der Waals surface area contributed by atoms with E-state index in [4.69, 9.17) is 28.4 Å². The molecule has 5 radical (unpaired) electrons. The van der Waals surface area contributed by atoms with Crippen LogP contribution in [0.3, 0.4) is 0 Å². The SMILES string of the molecule is CC(=O)O[C@H]1[CH][C](O[C@@H]2[CH][CH][CH][C@@H](COC(=O)C(C)C)O2)O[C@@H]1COC(=O)C(C)C. The van der Waals surface area contributed by atoms with Gasteiger partial charge in [-0.1, -0.05) is 27.7 Å². The molecule has 167 valence electrons. The first kappa shape index (κ1) is 24.6. The van der Waals surface area contributed by atoms with E-state index in [9.17, 15) is 14.4 Å². The maximum absolute atomic E-state index is 11.7. The molecule has 0 aromatic carbocycles. The zero-order valence-electron chi connectivity index (χ0n) is 17.9. The molecule has 9 heteroatoms. The Hall–Kier alpha value is -1.71. The average Bonchev–Trinajstić information content (AvgIpc) is 3.04. The van der Waals surface area contributed by atoms with Crippen molar-refractivity contribution in [2.24, 2.45) is 11.8 Å². The Kier molecular flexibility index (Phi) is 9.51. The van der Waals surface area contributed by atoms with Gasteiger partial charge in [0.1, 0.15) is 25.4 Å². The topological polar surface area (TPSA) is 107 Å². The molecule has 0 unspecified atom stereocenters. The first-order valence-electron chi connectivity index (χ1n) is 9.88. The Morgan fingerprint density at radius 3 is 2.23 bits per heavy atom. The minimum atomic E-state index is -0.793. The van der Waals surface area contributed by atoms with Crippen LogP contribution in [0.1, 0.15) is 34.6 Å². The number of esters is 3. The molecule has 2 aliphatic rings. The maximum Gasteiger partial charge on any atom is 0.308 e. The zero-order valence-corrected chi connectivity index (χ0v) is 17.9. The fraction of sp³-hybridized carbons (Fsp3) is 0.619. The third kappa shape index (κ3) is 7.85. The summed E-state index contributed by atoms with van der Waals surface area (Å²) in [6.45, 7) is 8.16. The summed E-state index contributed by atoms with van der Waals surface area (Å²) in [5, 5.41) is 0. The summed E-state index contributed by atoms with van der Waals surface area (Å²) in [5.41, 5.74) is 0. The summed E-state index contributed by atoms with van der Waals surface area (Å²) >= 11 is 0. The van der Waals surface area contributed by atoms with Crippen molar-refractivity contribution < 1.29 is 42.8 Å². The molecule has 0 N–H and O–H groups in total. The normalized spacial score (nSPS) is 27.3. The lowest BCUT2D eigenvalue weighted by atomic mass is 10.1. The minimum absolute atomic E-state index is 0.0605. The number of hydrogen-bond donors (Lipinski definition) is 0. The van der Waals surface area contributed by atoms with Gasteiger partial charge in [-0.25, -0.2) is 0 Å². The van der Waals surface area contributed by atoms with Gasteiger partial charge in [0, 0.05) is 13.3 Å². The largest absolute Gasteiger partial charge is 0.463 e. The van der Waals surface area contributed by atoms with Crippen molar-refractivity contribution in [3.8, 4) is 0 Å². The highest BCUT2D eigenvalue weighted by Crippen LogP contribution is 2.32. The van der Waals surface area contributed by atoms with Gasteiger partial charge in [0.25, 0.3) is 0 Å². The molecule has 0 spiro atoms. The molecule has 4 atom stereocenters. The molecule has 9 nitrogen and oxygen atoms in total. The molecule has 0 bridgehead atoms. The van der Waals surface area contributed by atoms with E-state index in [-0.39, 0.29) is 43.3 Å². The summed E-state index contributed by atoms with van der Waals surface area (Å²) in [6.07, 6.45) is 3.94. The summed E-state index contributed by atoms with van der Waals surface area (Å²) < 4.78 is 32.6. The van der Waals surface area contributed by atoms with Crippen LogP contribution < -0.4 is 0 Å². The lowest BCUT2D eigenvalue weighted by molar-refractivity contribution is -0.197. The number of hydrogen-bond acceptors (Lipinski definition) is 9. The molecule has 2 aliphatic heterocycles.